The van der Waals surface area contributed by atoms with Crippen molar-refractivity contribution in [3.05, 3.63) is 64.7 Å². The van der Waals surface area contributed by atoms with Crippen LogP contribution in [-0.4, -0.2) is 14.7 Å². The molecule has 0 fully saturated rings. The molecule has 2 aromatic carbocycles. The Bertz CT molecular complexity index is 790. The van der Waals surface area contributed by atoms with Crippen LogP contribution in [-0.2, 0) is 21.3 Å². The first-order chi connectivity index (χ1) is 13.2. The predicted molar refractivity (Wildman–Crippen MR) is 121 cm³/mol. The summed E-state index contributed by atoms with van der Waals surface area (Å²) < 4.78 is 11.5. The highest BCUT2D eigenvalue weighted by atomic mass is 31.3. The molecule has 0 radical (unpaired) electrons. The summed E-state index contributed by atoms with van der Waals surface area (Å²) in [5.74, 6) is 0.555. The second kappa shape index (κ2) is 8.98. The molecule has 0 spiro atoms. The van der Waals surface area contributed by atoms with E-state index >= 15 is 0 Å². The van der Waals surface area contributed by atoms with E-state index < -0.39 is 16.5 Å². The summed E-state index contributed by atoms with van der Waals surface area (Å²) in [5.41, 5.74) is 3.28. The van der Waals surface area contributed by atoms with E-state index in [0.717, 1.165) is 22.3 Å². The van der Waals surface area contributed by atoms with Crippen molar-refractivity contribution in [2.45, 2.75) is 65.5 Å². The van der Waals surface area contributed by atoms with Gasteiger partial charge in [0.1, 0.15) is 0 Å². The van der Waals surface area contributed by atoms with Crippen LogP contribution in [0.5, 0.6) is 5.75 Å². The van der Waals surface area contributed by atoms with Crippen molar-refractivity contribution < 1.29 is 23.5 Å². The minimum Gasteiger partial charge on any atom is -0.326 e. The highest BCUT2D eigenvalue weighted by Crippen LogP contribution is 2.66. The smallest absolute Gasteiger partial charge is 0.326 e. The van der Waals surface area contributed by atoms with E-state index in [9.17, 15) is 14.7 Å². The molecular formula is C22H33O5P2+. The molecule has 2 rings (SSSR count). The quantitative estimate of drug-likeness (QED) is 0.471. The van der Waals surface area contributed by atoms with Gasteiger partial charge in [-0.15, -0.1) is 0 Å². The van der Waals surface area contributed by atoms with Crippen LogP contribution >= 0.6 is 16.5 Å². The Morgan fingerprint density at radius 3 is 1.79 bits per heavy atom. The van der Waals surface area contributed by atoms with Gasteiger partial charge in [-0.1, -0.05) is 93.9 Å². The van der Waals surface area contributed by atoms with Crippen molar-refractivity contribution in [2.24, 2.45) is 0 Å². The third-order valence-electron chi connectivity index (χ3n) is 4.51. The highest BCUT2D eigenvalue weighted by Gasteiger charge is 2.48. The molecule has 1 unspecified atom stereocenters. The van der Waals surface area contributed by atoms with Gasteiger partial charge < -0.3 is 9.79 Å². The Morgan fingerprint density at radius 2 is 1.38 bits per heavy atom. The van der Waals surface area contributed by atoms with Gasteiger partial charge in [0.05, 0.1) is 0 Å². The van der Waals surface area contributed by atoms with Crippen molar-refractivity contribution in [3.8, 4) is 5.75 Å². The molecule has 2 aromatic rings. The topological polar surface area (TPSA) is 79.2 Å². The lowest BCUT2D eigenvalue weighted by Crippen LogP contribution is -2.21. The van der Waals surface area contributed by atoms with Crippen LogP contribution < -0.4 is 4.52 Å². The fraction of sp³-hybridized carbons (Fsp3) is 0.455. The number of hydrogen-bond donors (Lipinski definition) is 3. The third-order valence-corrected chi connectivity index (χ3v) is 7.35. The summed E-state index contributed by atoms with van der Waals surface area (Å²) >= 11 is 0. The van der Waals surface area contributed by atoms with Crippen molar-refractivity contribution >= 4 is 16.5 Å². The van der Waals surface area contributed by atoms with Gasteiger partial charge in [-0.05, 0) is 23.3 Å². The Balaban J connectivity index is 2.62. The zero-order chi connectivity index (χ0) is 22.0. The SMILES string of the molecule is Cc1cc(C(C)(C)C)c(O[P+](O)(Cc2ccccc2)OP(O)O)c(C(C)(C)C)c1. The normalized spacial score (nSPS) is 14.7. The van der Waals surface area contributed by atoms with E-state index in [2.05, 4.69) is 53.7 Å². The molecule has 0 aliphatic carbocycles. The molecule has 0 aromatic heterocycles. The molecule has 0 heterocycles. The van der Waals surface area contributed by atoms with E-state index in [1.54, 1.807) is 0 Å². The van der Waals surface area contributed by atoms with Gasteiger partial charge in [0, 0.05) is 11.1 Å². The molecule has 0 aliphatic heterocycles. The van der Waals surface area contributed by atoms with Crippen molar-refractivity contribution in [1.29, 1.82) is 0 Å². The average molecular weight is 439 g/mol. The van der Waals surface area contributed by atoms with E-state index in [4.69, 9.17) is 8.83 Å². The zero-order valence-corrected chi connectivity index (χ0v) is 20.1. The number of rotatable bonds is 6. The van der Waals surface area contributed by atoms with Crippen molar-refractivity contribution in [3.63, 3.8) is 0 Å². The van der Waals surface area contributed by atoms with Gasteiger partial charge in [-0.2, -0.15) is 4.89 Å². The lowest BCUT2D eigenvalue weighted by Gasteiger charge is -2.30. The molecule has 0 saturated carbocycles. The molecule has 0 bridgehead atoms. The highest BCUT2D eigenvalue weighted by molar-refractivity contribution is 7.66. The first-order valence-electron chi connectivity index (χ1n) is 9.59. The van der Waals surface area contributed by atoms with E-state index in [-0.39, 0.29) is 17.0 Å². The summed E-state index contributed by atoms with van der Waals surface area (Å²) in [5, 5.41) is 0. The van der Waals surface area contributed by atoms with Crippen LogP contribution in [0.1, 0.15) is 63.8 Å². The van der Waals surface area contributed by atoms with Crippen LogP contribution in [0.2, 0.25) is 0 Å². The Hall–Kier alpha value is -1.06. The van der Waals surface area contributed by atoms with Crippen LogP contribution in [0.3, 0.4) is 0 Å². The molecule has 7 heteroatoms. The van der Waals surface area contributed by atoms with E-state index in [1.807, 2.05) is 37.3 Å². The first-order valence-corrected chi connectivity index (χ1v) is 12.5. The molecule has 29 heavy (non-hydrogen) atoms. The van der Waals surface area contributed by atoms with Gasteiger partial charge >= 0.3 is 16.5 Å². The van der Waals surface area contributed by atoms with Crippen molar-refractivity contribution in [1.82, 2.24) is 0 Å². The number of benzene rings is 2. The molecule has 0 amide bonds. The fourth-order valence-corrected chi connectivity index (χ4v) is 5.63. The zero-order valence-electron chi connectivity index (χ0n) is 18.3. The monoisotopic (exact) mass is 439 g/mol. The third kappa shape index (κ3) is 6.72. The van der Waals surface area contributed by atoms with E-state index in [0.29, 0.717) is 5.75 Å². The molecule has 160 valence electrons. The standard InChI is InChI=1S/C22H33O5P2/c1-16-13-18(21(2,3)4)20(19(14-16)22(5,6)7)26-29(25,27-28(23)24)15-17-11-9-8-10-12-17/h8-14,23-25H,15H2,1-7H3/q+1. The van der Waals surface area contributed by atoms with Crippen LogP contribution in [0, 0.1) is 6.92 Å². The summed E-state index contributed by atoms with van der Waals surface area (Å²) in [4.78, 5) is 30.4. The Labute approximate surface area is 176 Å². The lowest BCUT2D eigenvalue weighted by atomic mass is 9.78. The molecule has 5 nitrogen and oxygen atoms in total. The summed E-state index contributed by atoms with van der Waals surface area (Å²) in [6.45, 7) is 14.5. The largest absolute Gasteiger partial charge is 0.466 e. The average Bonchev–Trinajstić information content (AvgIpc) is 2.54. The number of aryl methyl sites for hydroxylation is 1. The second-order valence-electron chi connectivity index (χ2n) is 9.40. The summed E-state index contributed by atoms with van der Waals surface area (Å²) in [6.07, 6.45) is 0.0504. The Kier molecular flexibility index (Phi) is 7.49. The molecule has 0 saturated heterocycles. The van der Waals surface area contributed by atoms with Crippen LogP contribution in [0.25, 0.3) is 0 Å². The minimum absolute atomic E-state index is 0.0504. The molecule has 3 N–H and O–H groups in total. The Morgan fingerprint density at radius 1 is 0.897 bits per heavy atom. The molecule has 0 aliphatic rings. The van der Waals surface area contributed by atoms with Gasteiger partial charge in [0.2, 0.25) is 0 Å². The lowest BCUT2D eigenvalue weighted by molar-refractivity contribution is 0.300. The van der Waals surface area contributed by atoms with E-state index in [1.165, 1.54) is 0 Å². The van der Waals surface area contributed by atoms with Crippen LogP contribution in [0.15, 0.2) is 42.5 Å². The maximum Gasteiger partial charge on any atom is 0.466 e. The van der Waals surface area contributed by atoms with Crippen LogP contribution in [0.4, 0.5) is 0 Å². The van der Waals surface area contributed by atoms with Gasteiger partial charge in [0.15, 0.2) is 11.9 Å². The van der Waals surface area contributed by atoms with Gasteiger partial charge in [-0.3, -0.25) is 4.52 Å². The second-order valence-corrected chi connectivity index (χ2v) is 12.3. The summed E-state index contributed by atoms with van der Waals surface area (Å²) in [6, 6.07) is 13.4. The fourth-order valence-electron chi connectivity index (χ4n) is 3.13. The predicted octanol–water partition coefficient (Wildman–Crippen LogP) is 6.15. The molecular weight excluding hydrogens is 406 g/mol. The van der Waals surface area contributed by atoms with Gasteiger partial charge in [0.25, 0.3) is 0 Å². The maximum atomic E-state index is 11.3. The number of hydrogen-bond acceptors (Lipinski definition) is 5. The van der Waals surface area contributed by atoms with Gasteiger partial charge in [-0.25, -0.2) is 0 Å². The summed E-state index contributed by atoms with van der Waals surface area (Å²) in [7, 11) is -6.44. The maximum absolute atomic E-state index is 11.3. The van der Waals surface area contributed by atoms with Crippen molar-refractivity contribution in [2.75, 3.05) is 0 Å². The molecule has 1 atom stereocenters. The minimum atomic E-state index is -3.65. The first kappa shape index (κ1) is 24.2.